The van der Waals surface area contributed by atoms with Crippen molar-refractivity contribution in [3.05, 3.63) is 30.1 Å². The van der Waals surface area contributed by atoms with Crippen molar-refractivity contribution in [2.45, 2.75) is 31.8 Å². The third-order valence-corrected chi connectivity index (χ3v) is 5.64. The van der Waals surface area contributed by atoms with E-state index < -0.39 is 0 Å². The highest BCUT2D eigenvalue weighted by Gasteiger charge is 2.45. The molecule has 1 amide bonds. The quantitative estimate of drug-likeness (QED) is 0.782. The first-order valence-electron chi connectivity index (χ1n) is 9.04. The topological polar surface area (TPSA) is 54.9 Å². The van der Waals surface area contributed by atoms with E-state index >= 15 is 0 Å². The highest BCUT2D eigenvalue weighted by atomic mass is 16.5. The monoisotopic (exact) mass is 347 g/mol. The molecule has 2 fully saturated rings. The van der Waals surface area contributed by atoms with Crippen LogP contribution in [0.3, 0.4) is 0 Å². The SMILES string of the molecule is COCC(=O)N1CCC2(CC1)C[C@@H](COC)N(Cc1cccnc1)C2. The smallest absolute Gasteiger partial charge is 0.248 e. The lowest BCUT2D eigenvalue weighted by Gasteiger charge is -2.39. The van der Waals surface area contributed by atoms with Crippen molar-refractivity contribution in [2.75, 3.05) is 47.1 Å². The summed E-state index contributed by atoms with van der Waals surface area (Å²) in [4.78, 5) is 20.8. The van der Waals surface area contributed by atoms with Gasteiger partial charge in [0.2, 0.25) is 5.91 Å². The number of rotatable bonds is 6. The molecule has 0 aromatic carbocycles. The molecule has 6 heteroatoms. The van der Waals surface area contributed by atoms with Gasteiger partial charge in [-0.25, -0.2) is 0 Å². The summed E-state index contributed by atoms with van der Waals surface area (Å²) in [6, 6.07) is 4.56. The van der Waals surface area contributed by atoms with Crippen LogP contribution < -0.4 is 0 Å². The van der Waals surface area contributed by atoms with Crippen molar-refractivity contribution in [2.24, 2.45) is 5.41 Å². The fraction of sp³-hybridized carbons (Fsp3) is 0.684. The average molecular weight is 347 g/mol. The molecule has 0 unspecified atom stereocenters. The maximum Gasteiger partial charge on any atom is 0.248 e. The van der Waals surface area contributed by atoms with Gasteiger partial charge in [-0.05, 0) is 36.3 Å². The van der Waals surface area contributed by atoms with Crippen LogP contribution in [0.4, 0.5) is 0 Å². The number of ether oxygens (including phenoxy) is 2. The molecule has 0 aliphatic carbocycles. The standard InChI is InChI=1S/C19H29N3O3/c1-24-13-17-10-19(5-8-21(9-6-19)18(23)14-25-2)15-22(17)12-16-4-3-7-20-11-16/h3-4,7,11,17H,5-6,8-10,12-15H2,1-2H3/t17-/m0/s1. The molecule has 138 valence electrons. The molecule has 3 rings (SSSR count). The van der Waals surface area contributed by atoms with Crippen LogP contribution in [0.25, 0.3) is 0 Å². The second kappa shape index (κ2) is 8.25. The Hall–Kier alpha value is -1.50. The zero-order valence-corrected chi connectivity index (χ0v) is 15.3. The maximum atomic E-state index is 12.0. The fourth-order valence-electron chi connectivity index (χ4n) is 4.33. The number of piperidine rings is 1. The number of pyridine rings is 1. The Balaban J connectivity index is 1.63. The molecule has 0 saturated carbocycles. The number of nitrogens with zero attached hydrogens (tertiary/aromatic N) is 3. The highest BCUT2D eigenvalue weighted by Crippen LogP contribution is 2.43. The fourth-order valence-corrected chi connectivity index (χ4v) is 4.33. The molecule has 6 nitrogen and oxygen atoms in total. The lowest BCUT2D eigenvalue weighted by Crippen LogP contribution is -2.45. The lowest BCUT2D eigenvalue weighted by atomic mass is 9.76. The number of carbonyl (C=O) groups is 1. The summed E-state index contributed by atoms with van der Waals surface area (Å²) in [5, 5.41) is 0. The number of likely N-dealkylation sites (tertiary alicyclic amines) is 2. The van der Waals surface area contributed by atoms with E-state index in [0.717, 1.165) is 52.0 Å². The summed E-state index contributed by atoms with van der Waals surface area (Å²) >= 11 is 0. The minimum Gasteiger partial charge on any atom is -0.383 e. The molecule has 2 aliphatic rings. The van der Waals surface area contributed by atoms with E-state index in [1.54, 1.807) is 14.2 Å². The van der Waals surface area contributed by atoms with Crippen LogP contribution in [0.5, 0.6) is 0 Å². The van der Waals surface area contributed by atoms with Gasteiger partial charge in [0.25, 0.3) is 0 Å². The molecule has 0 bridgehead atoms. The molecule has 0 radical (unpaired) electrons. The van der Waals surface area contributed by atoms with Crippen molar-refractivity contribution >= 4 is 5.91 Å². The Bertz CT molecular complexity index is 558. The second-order valence-corrected chi connectivity index (χ2v) is 7.39. The van der Waals surface area contributed by atoms with Crippen LogP contribution in [0, 0.1) is 5.41 Å². The van der Waals surface area contributed by atoms with Crippen LogP contribution >= 0.6 is 0 Å². The summed E-state index contributed by atoms with van der Waals surface area (Å²) < 4.78 is 10.5. The zero-order chi connectivity index (χ0) is 17.7. The Morgan fingerprint density at radius 2 is 2.12 bits per heavy atom. The van der Waals surface area contributed by atoms with Crippen LogP contribution in [-0.2, 0) is 20.8 Å². The largest absolute Gasteiger partial charge is 0.383 e. The van der Waals surface area contributed by atoms with E-state index in [-0.39, 0.29) is 12.5 Å². The van der Waals surface area contributed by atoms with Crippen molar-refractivity contribution in [1.29, 1.82) is 0 Å². The molecule has 0 N–H and O–H groups in total. The molecule has 3 heterocycles. The molecule has 2 saturated heterocycles. The van der Waals surface area contributed by atoms with Crippen LogP contribution in [-0.4, -0.2) is 73.8 Å². The zero-order valence-electron chi connectivity index (χ0n) is 15.3. The van der Waals surface area contributed by atoms with Crippen molar-refractivity contribution in [3.63, 3.8) is 0 Å². The molecular weight excluding hydrogens is 318 g/mol. The van der Waals surface area contributed by atoms with Gasteiger partial charge in [-0.3, -0.25) is 14.7 Å². The molecule has 1 aromatic heterocycles. The van der Waals surface area contributed by atoms with Gasteiger partial charge < -0.3 is 14.4 Å². The Morgan fingerprint density at radius 1 is 1.32 bits per heavy atom. The summed E-state index contributed by atoms with van der Waals surface area (Å²) in [5.74, 6) is 0.107. The van der Waals surface area contributed by atoms with E-state index in [0.29, 0.717) is 11.5 Å². The third-order valence-electron chi connectivity index (χ3n) is 5.64. The van der Waals surface area contributed by atoms with Crippen LogP contribution in [0.15, 0.2) is 24.5 Å². The number of carbonyl (C=O) groups excluding carboxylic acids is 1. The number of hydrogen-bond donors (Lipinski definition) is 0. The van der Waals surface area contributed by atoms with Gasteiger partial charge in [0.15, 0.2) is 0 Å². The van der Waals surface area contributed by atoms with Gasteiger partial charge >= 0.3 is 0 Å². The van der Waals surface area contributed by atoms with Gasteiger partial charge in [0, 0.05) is 58.8 Å². The molecular formula is C19H29N3O3. The van der Waals surface area contributed by atoms with Crippen molar-refractivity contribution in [1.82, 2.24) is 14.8 Å². The van der Waals surface area contributed by atoms with E-state index in [2.05, 4.69) is 16.0 Å². The molecule has 1 atom stereocenters. The van der Waals surface area contributed by atoms with Crippen molar-refractivity contribution in [3.8, 4) is 0 Å². The van der Waals surface area contributed by atoms with Crippen LogP contribution in [0.1, 0.15) is 24.8 Å². The Morgan fingerprint density at radius 3 is 2.76 bits per heavy atom. The normalized spacial score (nSPS) is 23.3. The number of aromatic nitrogens is 1. The Kier molecular flexibility index (Phi) is 6.04. The first-order chi connectivity index (χ1) is 12.2. The summed E-state index contributed by atoms with van der Waals surface area (Å²) in [5.41, 5.74) is 1.54. The molecule has 1 spiro atoms. The highest BCUT2D eigenvalue weighted by molar-refractivity contribution is 5.77. The Labute approximate surface area is 150 Å². The van der Waals surface area contributed by atoms with Crippen molar-refractivity contribution < 1.29 is 14.3 Å². The predicted molar refractivity (Wildman–Crippen MR) is 95.1 cm³/mol. The molecule has 25 heavy (non-hydrogen) atoms. The van der Waals surface area contributed by atoms with Gasteiger partial charge in [-0.2, -0.15) is 0 Å². The number of methoxy groups -OCH3 is 2. The van der Waals surface area contributed by atoms with Gasteiger partial charge in [-0.15, -0.1) is 0 Å². The number of hydrogen-bond acceptors (Lipinski definition) is 5. The maximum absolute atomic E-state index is 12.0. The minimum absolute atomic E-state index is 0.107. The predicted octanol–water partition coefficient (Wildman–Crippen LogP) is 1.56. The van der Waals surface area contributed by atoms with E-state index in [4.69, 9.17) is 9.47 Å². The van der Waals surface area contributed by atoms with E-state index in [9.17, 15) is 4.79 Å². The lowest BCUT2D eigenvalue weighted by molar-refractivity contribution is -0.137. The summed E-state index contributed by atoms with van der Waals surface area (Å²) in [6.07, 6.45) is 7.03. The van der Waals surface area contributed by atoms with E-state index in [1.807, 2.05) is 23.4 Å². The number of amides is 1. The molecule has 2 aliphatic heterocycles. The van der Waals surface area contributed by atoms with Gasteiger partial charge in [0.1, 0.15) is 6.61 Å². The summed E-state index contributed by atoms with van der Waals surface area (Å²) in [7, 11) is 3.35. The summed E-state index contributed by atoms with van der Waals surface area (Å²) in [6.45, 7) is 4.60. The van der Waals surface area contributed by atoms with Gasteiger partial charge in [-0.1, -0.05) is 6.07 Å². The molecule has 1 aromatic rings. The third kappa shape index (κ3) is 4.37. The first-order valence-corrected chi connectivity index (χ1v) is 9.04. The van der Waals surface area contributed by atoms with E-state index in [1.165, 1.54) is 5.56 Å². The first kappa shape index (κ1) is 18.3. The average Bonchev–Trinajstić information content (AvgIpc) is 2.94. The van der Waals surface area contributed by atoms with Gasteiger partial charge in [0.05, 0.1) is 6.61 Å². The second-order valence-electron chi connectivity index (χ2n) is 7.39. The minimum atomic E-state index is 0.107. The van der Waals surface area contributed by atoms with Crippen LogP contribution in [0.2, 0.25) is 0 Å².